The van der Waals surface area contributed by atoms with Gasteiger partial charge in [-0.15, -0.1) is 0 Å². The number of piperidine rings is 2. The normalized spacial score (nSPS) is 41.0. The molecule has 0 aromatic carbocycles. The van der Waals surface area contributed by atoms with Crippen LogP contribution in [-0.2, 0) is 0 Å². The van der Waals surface area contributed by atoms with E-state index in [1.54, 1.807) is 0 Å². The van der Waals surface area contributed by atoms with Gasteiger partial charge < -0.3 is 15.1 Å². The van der Waals surface area contributed by atoms with Crippen molar-refractivity contribution in [2.24, 2.45) is 23.7 Å². The molecular formula is C20H37N3. The Morgan fingerprint density at radius 3 is 2.26 bits per heavy atom. The predicted octanol–water partition coefficient (Wildman–Crippen LogP) is 2.82. The van der Waals surface area contributed by atoms with Gasteiger partial charge in [0.2, 0.25) is 0 Å². The molecule has 0 bridgehead atoms. The maximum atomic E-state index is 3.58. The second kappa shape index (κ2) is 7.01. The Kier molecular flexibility index (Phi) is 4.99. The fourth-order valence-electron chi connectivity index (χ4n) is 5.87. The van der Waals surface area contributed by atoms with E-state index in [-0.39, 0.29) is 0 Å². The molecule has 132 valence electrons. The van der Waals surface area contributed by atoms with Crippen LogP contribution in [0.25, 0.3) is 0 Å². The summed E-state index contributed by atoms with van der Waals surface area (Å²) in [5, 5.41) is 3.58. The van der Waals surface area contributed by atoms with Gasteiger partial charge in [0.1, 0.15) is 0 Å². The number of fused-ring (bicyclic) bond motifs is 1. The van der Waals surface area contributed by atoms with E-state index in [2.05, 4.69) is 29.0 Å². The summed E-state index contributed by atoms with van der Waals surface area (Å²) in [5.74, 6) is 4.09. The minimum atomic E-state index is 0.810. The molecule has 23 heavy (non-hydrogen) atoms. The number of hydrogen-bond donors (Lipinski definition) is 1. The second-order valence-electron chi connectivity index (χ2n) is 9.07. The van der Waals surface area contributed by atoms with Crippen LogP contribution in [0, 0.1) is 23.7 Å². The van der Waals surface area contributed by atoms with Crippen molar-refractivity contribution in [1.82, 2.24) is 15.1 Å². The van der Waals surface area contributed by atoms with Crippen LogP contribution in [0.1, 0.15) is 52.4 Å². The Labute approximate surface area is 143 Å². The number of hydrogen-bond acceptors (Lipinski definition) is 3. The van der Waals surface area contributed by atoms with Crippen LogP contribution in [0.5, 0.6) is 0 Å². The topological polar surface area (TPSA) is 18.5 Å². The van der Waals surface area contributed by atoms with Crippen molar-refractivity contribution in [3.63, 3.8) is 0 Å². The summed E-state index contributed by atoms with van der Waals surface area (Å²) in [4.78, 5) is 5.56. The highest BCUT2D eigenvalue weighted by Crippen LogP contribution is 2.55. The summed E-state index contributed by atoms with van der Waals surface area (Å²) >= 11 is 0. The van der Waals surface area contributed by atoms with Crippen molar-refractivity contribution in [2.45, 2.75) is 64.5 Å². The smallest absolute Gasteiger partial charge is 0.00702 e. The molecule has 1 saturated carbocycles. The first-order chi connectivity index (χ1) is 11.2. The van der Waals surface area contributed by atoms with Gasteiger partial charge in [-0.2, -0.15) is 0 Å². The van der Waals surface area contributed by atoms with Gasteiger partial charge in [0.25, 0.3) is 0 Å². The van der Waals surface area contributed by atoms with E-state index in [4.69, 9.17) is 0 Å². The summed E-state index contributed by atoms with van der Waals surface area (Å²) in [6.45, 7) is 13.0. The first-order valence-corrected chi connectivity index (χ1v) is 10.4. The molecule has 4 aliphatic rings. The lowest BCUT2D eigenvalue weighted by Gasteiger charge is -2.32. The van der Waals surface area contributed by atoms with Crippen molar-refractivity contribution >= 4 is 0 Å². The molecule has 1 aliphatic carbocycles. The third-order valence-corrected chi connectivity index (χ3v) is 7.47. The molecule has 0 radical (unpaired) electrons. The van der Waals surface area contributed by atoms with Crippen molar-refractivity contribution in [3.8, 4) is 0 Å². The second-order valence-corrected chi connectivity index (χ2v) is 9.07. The number of likely N-dealkylation sites (tertiary alicyclic amines) is 2. The first-order valence-electron chi connectivity index (χ1n) is 10.4. The highest BCUT2D eigenvalue weighted by molar-refractivity contribution is 5.06. The molecule has 3 saturated heterocycles. The van der Waals surface area contributed by atoms with E-state index in [0.717, 1.165) is 35.8 Å². The van der Waals surface area contributed by atoms with Crippen LogP contribution >= 0.6 is 0 Å². The Morgan fingerprint density at radius 1 is 0.913 bits per heavy atom. The fraction of sp³-hybridized carbons (Fsp3) is 1.00. The minimum absolute atomic E-state index is 0.810. The van der Waals surface area contributed by atoms with Gasteiger partial charge in [0.15, 0.2) is 0 Å². The third kappa shape index (κ3) is 3.62. The maximum absolute atomic E-state index is 3.58. The van der Waals surface area contributed by atoms with Crippen LogP contribution in [0.2, 0.25) is 0 Å². The first kappa shape index (κ1) is 16.4. The summed E-state index contributed by atoms with van der Waals surface area (Å²) in [6, 6.07) is 1.65. The van der Waals surface area contributed by atoms with Crippen molar-refractivity contribution in [2.75, 3.05) is 39.3 Å². The molecule has 5 unspecified atom stereocenters. The highest BCUT2D eigenvalue weighted by Gasteiger charge is 2.56. The van der Waals surface area contributed by atoms with Crippen LogP contribution in [0.15, 0.2) is 0 Å². The van der Waals surface area contributed by atoms with Crippen molar-refractivity contribution in [1.29, 1.82) is 0 Å². The molecule has 0 amide bonds. The molecule has 3 heterocycles. The van der Waals surface area contributed by atoms with Crippen LogP contribution < -0.4 is 5.32 Å². The van der Waals surface area contributed by atoms with Crippen LogP contribution in [-0.4, -0.2) is 61.2 Å². The van der Waals surface area contributed by atoms with Gasteiger partial charge in [-0.1, -0.05) is 0 Å². The number of rotatable bonds is 6. The lowest BCUT2D eigenvalue weighted by Crippen LogP contribution is -2.39. The molecular weight excluding hydrogens is 282 g/mol. The molecule has 1 N–H and O–H groups in total. The average molecular weight is 320 g/mol. The zero-order valence-corrected chi connectivity index (χ0v) is 15.3. The van der Waals surface area contributed by atoms with Gasteiger partial charge in [-0.25, -0.2) is 0 Å². The van der Waals surface area contributed by atoms with E-state index in [1.165, 1.54) is 77.8 Å². The van der Waals surface area contributed by atoms with Gasteiger partial charge >= 0.3 is 0 Å². The largest absolute Gasteiger partial charge is 0.316 e. The van der Waals surface area contributed by atoms with Gasteiger partial charge in [0, 0.05) is 25.2 Å². The summed E-state index contributed by atoms with van der Waals surface area (Å²) in [5.41, 5.74) is 0. The lowest BCUT2D eigenvalue weighted by atomic mass is 9.92. The monoisotopic (exact) mass is 319 g/mol. The zero-order chi connectivity index (χ0) is 15.8. The van der Waals surface area contributed by atoms with Gasteiger partial charge in [0.05, 0.1) is 0 Å². The summed E-state index contributed by atoms with van der Waals surface area (Å²) < 4.78 is 0. The molecule has 0 spiro atoms. The molecule has 3 aliphatic heterocycles. The molecule has 5 atom stereocenters. The third-order valence-electron chi connectivity index (χ3n) is 7.47. The summed E-state index contributed by atoms with van der Waals surface area (Å²) in [6.07, 6.45) is 8.60. The molecule has 3 heteroatoms. The van der Waals surface area contributed by atoms with Crippen LogP contribution in [0.4, 0.5) is 0 Å². The highest BCUT2D eigenvalue weighted by atomic mass is 15.2. The maximum Gasteiger partial charge on any atom is 0.00702 e. The Morgan fingerprint density at radius 2 is 1.61 bits per heavy atom. The zero-order valence-electron chi connectivity index (χ0n) is 15.3. The Balaban J connectivity index is 1.19. The van der Waals surface area contributed by atoms with E-state index < -0.39 is 0 Å². The van der Waals surface area contributed by atoms with E-state index in [9.17, 15) is 0 Å². The van der Waals surface area contributed by atoms with Crippen molar-refractivity contribution in [3.05, 3.63) is 0 Å². The fourth-order valence-corrected chi connectivity index (χ4v) is 5.87. The van der Waals surface area contributed by atoms with Crippen LogP contribution in [0.3, 0.4) is 0 Å². The Hall–Kier alpha value is -0.120. The van der Waals surface area contributed by atoms with Crippen molar-refractivity contribution < 1.29 is 0 Å². The lowest BCUT2D eigenvalue weighted by molar-refractivity contribution is 0.169. The molecule has 0 aromatic heterocycles. The average Bonchev–Trinajstić information content (AvgIpc) is 3.01. The number of nitrogens with zero attached hydrogens (tertiary/aromatic N) is 2. The standard InChI is InChI=1S/C20H37N3/c1-15(10-17-6-5-7-21-12-17)23-13-19-18(20(19)14-23)11-16(2)22-8-3-4-9-22/h15-21H,3-14H2,1-2H3. The van der Waals surface area contributed by atoms with Gasteiger partial charge in [-0.05, 0) is 102 Å². The minimum Gasteiger partial charge on any atom is -0.316 e. The van der Waals surface area contributed by atoms with E-state index >= 15 is 0 Å². The van der Waals surface area contributed by atoms with E-state index in [0.29, 0.717) is 0 Å². The summed E-state index contributed by atoms with van der Waals surface area (Å²) in [7, 11) is 0. The quantitative estimate of drug-likeness (QED) is 0.812. The molecule has 0 aromatic rings. The SMILES string of the molecule is CC(CC1C2CN(C(C)CC3CCCNC3)CC12)N1CCCC1. The molecule has 4 rings (SSSR count). The predicted molar refractivity (Wildman–Crippen MR) is 96.6 cm³/mol. The molecule has 4 fully saturated rings. The van der Waals surface area contributed by atoms with Gasteiger partial charge in [-0.3, -0.25) is 0 Å². The Bertz CT molecular complexity index is 374. The number of nitrogens with one attached hydrogen (secondary N) is 1. The van der Waals surface area contributed by atoms with E-state index in [1.807, 2.05) is 0 Å². The molecule has 3 nitrogen and oxygen atoms in total.